The zero-order chi connectivity index (χ0) is 18.9. The maximum atomic E-state index is 12.8. The molecule has 1 saturated heterocycles. The molecule has 2 aliphatic rings. The van der Waals surface area contributed by atoms with Crippen LogP contribution in [0.3, 0.4) is 0 Å². The van der Waals surface area contributed by atoms with Crippen LogP contribution in [0.1, 0.15) is 28.8 Å². The number of hydroxylamine groups is 1. The Morgan fingerprint density at radius 3 is 2.67 bits per heavy atom. The van der Waals surface area contributed by atoms with Crippen molar-refractivity contribution in [2.24, 2.45) is 4.99 Å². The van der Waals surface area contributed by atoms with Crippen LogP contribution in [0, 0.1) is 0 Å². The van der Waals surface area contributed by atoms with E-state index in [-0.39, 0.29) is 5.91 Å². The molecule has 2 heterocycles. The van der Waals surface area contributed by atoms with Crippen LogP contribution in [0.5, 0.6) is 5.75 Å². The van der Waals surface area contributed by atoms with Crippen molar-refractivity contribution in [3.63, 3.8) is 0 Å². The van der Waals surface area contributed by atoms with Crippen LogP contribution in [0.4, 0.5) is 0 Å². The molecule has 27 heavy (non-hydrogen) atoms. The van der Waals surface area contributed by atoms with E-state index in [2.05, 4.69) is 5.48 Å². The summed E-state index contributed by atoms with van der Waals surface area (Å²) in [4.78, 5) is 25.1. The molecular weight excluding hydrogens is 366 g/mol. The van der Waals surface area contributed by atoms with Gasteiger partial charge < -0.3 is 9.64 Å². The van der Waals surface area contributed by atoms with Gasteiger partial charge in [0.05, 0.1) is 7.11 Å². The van der Waals surface area contributed by atoms with E-state index in [0.717, 1.165) is 5.56 Å². The zero-order valence-corrected chi connectivity index (χ0v) is 15.7. The molecule has 1 spiro atoms. The molecule has 4 rings (SSSR count). The SMILES string of the molecule is COc1cccc(C(=O)N2CCC3(CC2)N=C(c2ccc(Cl)cc2)NO3)c1. The number of methoxy groups -OCH3 is 1. The quantitative estimate of drug-likeness (QED) is 0.880. The summed E-state index contributed by atoms with van der Waals surface area (Å²) in [6, 6.07) is 14.7. The van der Waals surface area contributed by atoms with Crippen LogP contribution in [-0.2, 0) is 4.84 Å². The van der Waals surface area contributed by atoms with Gasteiger partial charge in [0, 0.05) is 42.1 Å². The second kappa shape index (κ2) is 7.21. The number of nitrogens with zero attached hydrogens (tertiary/aromatic N) is 2. The first-order chi connectivity index (χ1) is 13.1. The fraction of sp³-hybridized carbons (Fsp3) is 0.300. The molecule has 2 aliphatic heterocycles. The Kier molecular flexibility index (Phi) is 4.76. The summed E-state index contributed by atoms with van der Waals surface area (Å²) in [6.45, 7) is 1.16. The van der Waals surface area contributed by atoms with Crippen molar-refractivity contribution in [1.29, 1.82) is 0 Å². The third kappa shape index (κ3) is 3.63. The molecule has 1 fully saturated rings. The number of benzene rings is 2. The fourth-order valence-corrected chi connectivity index (χ4v) is 3.46. The first kappa shape index (κ1) is 17.8. The lowest BCUT2D eigenvalue weighted by Gasteiger charge is -2.35. The van der Waals surface area contributed by atoms with E-state index in [1.54, 1.807) is 19.2 Å². The van der Waals surface area contributed by atoms with Crippen molar-refractivity contribution in [3.05, 3.63) is 64.7 Å². The van der Waals surface area contributed by atoms with Crippen LogP contribution in [0.25, 0.3) is 0 Å². The van der Waals surface area contributed by atoms with Gasteiger partial charge in [-0.2, -0.15) is 0 Å². The lowest BCUT2D eigenvalue weighted by molar-refractivity contribution is -0.0849. The molecule has 1 amide bonds. The lowest BCUT2D eigenvalue weighted by Crippen LogP contribution is -2.46. The van der Waals surface area contributed by atoms with Crippen LogP contribution in [-0.4, -0.2) is 42.6 Å². The molecule has 0 atom stereocenters. The normalized spacial score (nSPS) is 18.1. The van der Waals surface area contributed by atoms with Gasteiger partial charge in [-0.15, -0.1) is 0 Å². The number of ether oxygens (including phenoxy) is 1. The Morgan fingerprint density at radius 1 is 1.22 bits per heavy atom. The third-order valence-electron chi connectivity index (χ3n) is 4.92. The second-order valence-corrected chi connectivity index (χ2v) is 7.08. The molecule has 7 heteroatoms. The van der Waals surface area contributed by atoms with Gasteiger partial charge in [0.15, 0.2) is 11.6 Å². The van der Waals surface area contributed by atoms with Gasteiger partial charge in [-0.05, 0) is 42.5 Å². The predicted octanol–water partition coefficient (Wildman–Crippen LogP) is 3.26. The lowest BCUT2D eigenvalue weighted by atomic mass is 10.00. The van der Waals surface area contributed by atoms with E-state index in [0.29, 0.717) is 48.1 Å². The summed E-state index contributed by atoms with van der Waals surface area (Å²) in [5.41, 5.74) is 3.85. The first-order valence-corrected chi connectivity index (χ1v) is 9.19. The molecule has 2 aromatic rings. The molecule has 0 unspecified atom stereocenters. The maximum Gasteiger partial charge on any atom is 0.253 e. The number of amidine groups is 1. The number of piperidine rings is 1. The average Bonchev–Trinajstić information content (AvgIpc) is 3.12. The summed E-state index contributed by atoms with van der Waals surface area (Å²) in [5.74, 6) is 1.37. The van der Waals surface area contributed by atoms with Crippen molar-refractivity contribution < 1.29 is 14.4 Å². The highest BCUT2D eigenvalue weighted by molar-refractivity contribution is 6.30. The van der Waals surface area contributed by atoms with Crippen molar-refractivity contribution in [3.8, 4) is 5.75 Å². The number of rotatable bonds is 3. The zero-order valence-electron chi connectivity index (χ0n) is 14.9. The van der Waals surface area contributed by atoms with E-state index >= 15 is 0 Å². The molecule has 0 bridgehead atoms. The van der Waals surface area contributed by atoms with E-state index < -0.39 is 5.72 Å². The fourth-order valence-electron chi connectivity index (χ4n) is 3.34. The molecule has 0 aromatic heterocycles. The van der Waals surface area contributed by atoms with Crippen LogP contribution in [0.2, 0.25) is 5.02 Å². The Morgan fingerprint density at radius 2 is 1.96 bits per heavy atom. The first-order valence-electron chi connectivity index (χ1n) is 8.82. The number of nitrogens with one attached hydrogen (secondary N) is 1. The Labute approximate surface area is 162 Å². The van der Waals surface area contributed by atoms with Crippen molar-refractivity contribution in [2.45, 2.75) is 18.6 Å². The van der Waals surface area contributed by atoms with Crippen molar-refractivity contribution >= 4 is 23.3 Å². The summed E-state index contributed by atoms with van der Waals surface area (Å²) >= 11 is 5.94. The van der Waals surface area contributed by atoms with E-state index in [1.807, 2.05) is 41.3 Å². The average molecular weight is 386 g/mol. The minimum Gasteiger partial charge on any atom is -0.497 e. The monoisotopic (exact) mass is 385 g/mol. The van der Waals surface area contributed by atoms with Gasteiger partial charge in [-0.3, -0.25) is 4.79 Å². The topological polar surface area (TPSA) is 63.2 Å². The second-order valence-electron chi connectivity index (χ2n) is 6.64. The van der Waals surface area contributed by atoms with Crippen LogP contribution < -0.4 is 10.2 Å². The number of carbonyl (C=O) groups is 1. The largest absolute Gasteiger partial charge is 0.497 e. The Balaban J connectivity index is 1.44. The standard InChI is InChI=1S/C20H20ClN3O3/c1-26-17-4-2-3-15(13-17)19(25)24-11-9-20(10-12-24)22-18(23-27-20)14-5-7-16(21)8-6-14/h2-8,13H,9-12H2,1H3,(H,22,23). The minimum absolute atomic E-state index is 0.00314. The number of carbonyl (C=O) groups excluding carboxylic acids is 1. The molecule has 0 saturated carbocycles. The highest BCUT2D eigenvalue weighted by Crippen LogP contribution is 2.32. The highest BCUT2D eigenvalue weighted by Gasteiger charge is 2.41. The van der Waals surface area contributed by atoms with Gasteiger partial charge in [-0.1, -0.05) is 17.7 Å². The molecule has 0 radical (unpaired) electrons. The van der Waals surface area contributed by atoms with Gasteiger partial charge >= 0.3 is 0 Å². The van der Waals surface area contributed by atoms with Crippen molar-refractivity contribution in [2.75, 3.05) is 20.2 Å². The summed E-state index contributed by atoms with van der Waals surface area (Å²) in [5, 5.41) is 0.678. The summed E-state index contributed by atoms with van der Waals surface area (Å²) in [6.07, 6.45) is 1.26. The highest BCUT2D eigenvalue weighted by atomic mass is 35.5. The number of hydrogen-bond acceptors (Lipinski definition) is 5. The smallest absolute Gasteiger partial charge is 0.253 e. The number of aliphatic imine (C=N–C) groups is 1. The van der Waals surface area contributed by atoms with Gasteiger partial charge in [-0.25, -0.2) is 15.3 Å². The maximum absolute atomic E-state index is 12.8. The number of amides is 1. The predicted molar refractivity (Wildman–Crippen MR) is 103 cm³/mol. The number of likely N-dealkylation sites (tertiary alicyclic amines) is 1. The summed E-state index contributed by atoms with van der Waals surface area (Å²) < 4.78 is 5.20. The molecule has 0 aliphatic carbocycles. The minimum atomic E-state index is -0.625. The summed E-state index contributed by atoms with van der Waals surface area (Å²) in [7, 11) is 1.59. The van der Waals surface area contributed by atoms with Crippen LogP contribution >= 0.6 is 11.6 Å². The molecule has 6 nitrogen and oxygen atoms in total. The van der Waals surface area contributed by atoms with E-state index in [9.17, 15) is 4.79 Å². The Bertz CT molecular complexity index is 874. The molecule has 1 N–H and O–H groups in total. The van der Waals surface area contributed by atoms with Crippen molar-refractivity contribution in [1.82, 2.24) is 10.4 Å². The number of halogens is 1. The number of hydrogen-bond donors (Lipinski definition) is 1. The van der Waals surface area contributed by atoms with Crippen LogP contribution in [0.15, 0.2) is 53.5 Å². The van der Waals surface area contributed by atoms with Gasteiger partial charge in [0.1, 0.15) is 5.75 Å². The Hall–Kier alpha value is -2.57. The van der Waals surface area contributed by atoms with Gasteiger partial charge in [0.25, 0.3) is 5.91 Å². The van der Waals surface area contributed by atoms with E-state index in [4.69, 9.17) is 26.2 Å². The van der Waals surface area contributed by atoms with E-state index in [1.165, 1.54) is 0 Å². The molecule has 140 valence electrons. The van der Waals surface area contributed by atoms with Gasteiger partial charge in [0.2, 0.25) is 0 Å². The molecule has 2 aromatic carbocycles. The molecular formula is C20H20ClN3O3. The third-order valence-corrected chi connectivity index (χ3v) is 5.17.